The lowest BCUT2D eigenvalue weighted by Gasteiger charge is -2.29. The summed E-state index contributed by atoms with van der Waals surface area (Å²) in [5, 5.41) is 12.8. The molecule has 0 fully saturated rings. The molecule has 0 spiro atoms. The first kappa shape index (κ1) is 19.8. The topological polar surface area (TPSA) is 60.0 Å². The highest BCUT2D eigenvalue weighted by Gasteiger charge is 2.22. The van der Waals surface area contributed by atoms with Crippen LogP contribution in [0.4, 0.5) is 0 Å². The highest BCUT2D eigenvalue weighted by molar-refractivity contribution is 4.82. The van der Waals surface area contributed by atoms with Crippen molar-refractivity contribution in [2.45, 2.75) is 52.2 Å². The molecular weight excluding hydrogens is 258 g/mol. The Morgan fingerprint density at radius 1 is 0.950 bits per heavy atom. The Hall–Kier alpha value is -0.200. The van der Waals surface area contributed by atoms with E-state index in [0.29, 0.717) is 33.0 Å². The van der Waals surface area contributed by atoms with Crippen LogP contribution in [0.5, 0.6) is 0 Å². The summed E-state index contributed by atoms with van der Waals surface area (Å²) in [7, 11) is 0. The molecule has 0 rings (SSSR count). The van der Waals surface area contributed by atoms with E-state index in [1.54, 1.807) is 6.92 Å². The molecule has 0 radical (unpaired) electrons. The van der Waals surface area contributed by atoms with Gasteiger partial charge in [0.25, 0.3) is 0 Å². The Morgan fingerprint density at radius 2 is 1.45 bits per heavy atom. The van der Waals surface area contributed by atoms with Gasteiger partial charge in [-0.2, -0.15) is 0 Å². The van der Waals surface area contributed by atoms with Crippen molar-refractivity contribution in [1.29, 1.82) is 0 Å². The lowest BCUT2D eigenvalue weighted by atomic mass is 9.99. The number of hydrogen-bond donors (Lipinski definition) is 2. The maximum absolute atomic E-state index is 9.52. The van der Waals surface area contributed by atoms with Crippen molar-refractivity contribution in [2.24, 2.45) is 0 Å². The highest BCUT2D eigenvalue weighted by Crippen LogP contribution is 2.07. The summed E-state index contributed by atoms with van der Waals surface area (Å²) in [5.74, 6) is 0. The number of hydrogen-bond acceptors (Lipinski definition) is 5. The number of aliphatic hydroxyl groups is 1. The van der Waals surface area contributed by atoms with Crippen LogP contribution in [0.3, 0.4) is 0 Å². The molecule has 0 aliphatic heterocycles. The molecule has 20 heavy (non-hydrogen) atoms. The second-order valence-corrected chi connectivity index (χ2v) is 5.52. The summed E-state index contributed by atoms with van der Waals surface area (Å²) in [4.78, 5) is 0. The van der Waals surface area contributed by atoms with Crippen molar-refractivity contribution in [3.05, 3.63) is 0 Å². The van der Waals surface area contributed by atoms with Crippen molar-refractivity contribution >= 4 is 0 Å². The van der Waals surface area contributed by atoms with Crippen molar-refractivity contribution < 1.29 is 19.3 Å². The van der Waals surface area contributed by atoms with E-state index in [4.69, 9.17) is 14.2 Å². The third-order valence-electron chi connectivity index (χ3n) is 3.26. The van der Waals surface area contributed by atoms with Crippen molar-refractivity contribution in [1.82, 2.24) is 5.32 Å². The Kier molecular flexibility index (Phi) is 12.4. The molecule has 2 N–H and O–H groups in total. The SMILES string of the molecule is CCCCOCCOCCOCCNC(C)(C)C(C)O. The van der Waals surface area contributed by atoms with E-state index in [9.17, 15) is 5.11 Å². The molecule has 0 aliphatic rings. The van der Waals surface area contributed by atoms with Crippen LogP contribution in [-0.2, 0) is 14.2 Å². The number of unbranched alkanes of at least 4 members (excludes halogenated alkanes) is 1. The fourth-order valence-electron chi connectivity index (χ4n) is 1.38. The summed E-state index contributed by atoms with van der Waals surface area (Å²) in [6.45, 7) is 12.5. The van der Waals surface area contributed by atoms with E-state index in [1.807, 2.05) is 13.8 Å². The van der Waals surface area contributed by atoms with Crippen molar-refractivity contribution in [3.63, 3.8) is 0 Å². The van der Waals surface area contributed by atoms with Crippen LogP contribution in [0.1, 0.15) is 40.5 Å². The van der Waals surface area contributed by atoms with Crippen LogP contribution in [0.15, 0.2) is 0 Å². The summed E-state index contributed by atoms with van der Waals surface area (Å²) >= 11 is 0. The van der Waals surface area contributed by atoms with E-state index < -0.39 is 6.10 Å². The molecule has 0 amide bonds. The average molecular weight is 291 g/mol. The Balaban J connectivity index is 3.17. The van der Waals surface area contributed by atoms with E-state index in [1.165, 1.54) is 0 Å². The van der Waals surface area contributed by atoms with Gasteiger partial charge in [0.2, 0.25) is 0 Å². The number of nitrogens with one attached hydrogen (secondary N) is 1. The molecular formula is C15H33NO4. The molecule has 0 aromatic heterocycles. The summed E-state index contributed by atoms with van der Waals surface area (Å²) in [6, 6.07) is 0. The monoisotopic (exact) mass is 291 g/mol. The first-order valence-electron chi connectivity index (χ1n) is 7.67. The molecule has 1 unspecified atom stereocenters. The standard InChI is InChI=1S/C15H33NO4/c1-5-6-8-18-10-12-20-13-11-19-9-7-16-15(3,4)14(2)17/h14,16-17H,5-13H2,1-4H3. The molecule has 0 bridgehead atoms. The summed E-state index contributed by atoms with van der Waals surface area (Å²) in [5.41, 5.74) is -0.282. The van der Waals surface area contributed by atoms with Gasteiger partial charge in [0, 0.05) is 18.7 Å². The molecule has 0 aromatic carbocycles. The summed E-state index contributed by atoms with van der Waals surface area (Å²) < 4.78 is 16.2. The lowest BCUT2D eigenvalue weighted by molar-refractivity contribution is 0.0124. The maximum atomic E-state index is 9.52. The van der Waals surface area contributed by atoms with Gasteiger partial charge in [-0.1, -0.05) is 13.3 Å². The van der Waals surface area contributed by atoms with Crippen LogP contribution in [0.2, 0.25) is 0 Å². The molecule has 122 valence electrons. The highest BCUT2D eigenvalue weighted by atomic mass is 16.5. The Bertz CT molecular complexity index is 210. The largest absolute Gasteiger partial charge is 0.392 e. The van der Waals surface area contributed by atoms with Gasteiger partial charge in [0.1, 0.15) is 0 Å². The molecule has 5 heteroatoms. The summed E-state index contributed by atoms with van der Waals surface area (Å²) in [6.07, 6.45) is 1.88. The molecule has 0 saturated carbocycles. The zero-order valence-corrected chi connectivity index (χ0v) is 13.6. The zero-order chi connectivity index (χ0) is 15.3. The lowest BCUT2D eigenvalue weighted by Crippen LogP contribution is -2.49. The van der Waals surface area contributed by atoms with Gasteiger partial charge in [0.05, 0.1) is 39.1 Å². The van der Waals surface area contributed by atoms with E-state index in [0.717, 1.165) is 26.0 Å². The van der Waals surface area contributed by atoms with Gasteiger partial charge in [-0.25, -0.2) is 0 Å². The van der Waals surface area contributed by atoms with Gasteiger partial charge < -0.3 is 24.6 Å². The minimum atomic E-state index is -0.390. The van der Waals surface area contributed by atoms with Crippen LogP contribution >= 0.6 is 0 Å². The molecule has 1 atom stereocenters. The molecule has 0 aromatic rings. The van der Waals surface area contributed by atoms with Gasteiger partial charge in [-0.15, -0.1) is 0 Å². The fourth-order valence-corrected chi connectivity index (χ4v) is 1.38. The maximum Gasteiger partial charge on any atom is 0.0701 e. The first-order valence-corrected chi connectivity index (χ1v) is 7.67. The number of ether oxygens (including phenoxy) is 3. The van der Waals surface area contributed by atoms with E-state index >= 15 is 0 Å². The Labute approximate surface area is 124 Å². The van der Waals surface area contributed by atoms with Crippen LogP contribution in [0.25, 0.3) is 0 Å². The van der Waals surface area contributed by atoms with Gasteiger partial charge >= 0.3 is 0 Å². The normalized spacial score (nSPS) is 13.7. The van der Waals surface area contributed by atoms with E-state index in [2.05, 4.69) is 12.2 Å². The van der Waals surface area contributed by atoms with Gasteiger partial charge in [-0.05, 0) is 27.2 Å². The first-order chi connectivity index (χ1) is 9.50. The second-order valence-electron chi connectivity index (χ2n) is 5.52. The van der Waals surface area contributed by atoms with Gasteiger partial charge in [0.15, 0.2) is 0 Å². The van der Waals surface area contributed by atoms with E-state index in [-0.39, 0.29) is 5.54 Å². The Morgan fingerprint density at radius 3 is 1.95 bits per heavy atom. The van der Waals surface area contributed by atoms with Crippen molar-refractivity contribution in [3.8, 4) is 0 Å². The predicted molar refractivity (Wildman–Crippen MR) is 81.1 cm³/mol. The zero-order valence-electron chi connectivity index (χ0n) is 13.6. The molecule has 0 aliphatic carbocycles. The fraction of sp³-hybridized carbons (Fsp3) is 1.00. The third-order valence-corrected chi connectivity index (χ3v) is 3.26. The van der Waals surface area contributed by atoms with Crippen LogP contribution < -0.4 is 5.32 Å². The molecule has 0 saturated heterocycles. The van der Waals surface area contributed by atoms with Crippen molar-refractivity contribution in [2.75, 3.05) is 46.2 Å². The molecule has 0 heterocycles. The average Bonchev–Trinajstić information content (AvgIpc) is 2.39. The smallest absolute Gasteiger partial charge is 0.0701 e. The van der Waals surface area contributed by atoms with Crippen LogP contribution in [0, 0.1) is 0 Å². The van der Waals surface area contributed by atoms with Gasteiger partial charge in [-0.3, -0.25) is 0 Å². The number of aliphatic hydroxyl groups excluding tert-OH is 1. The predicted octanol–water partition coefficient (Wildman–Crippen LogP) is 1.59. The third kappa shape index (κ3) is 11.6. The minimum Gasteiger partial charge on any atom is -0.392 e. The second kappa shape index (κ2) is 12.5. The quantitative estimate of drug-likeness (QED) is 0.476. The molecule has 5 nitrogen and oxygen atoms in total. The minimum absolute atomic E-state index is 0.282. The number of rotatable bonds is 14. The van der Waals surface area contributed by atoms with Crippen LogP contribution in [-0.4, -0.2) is 62.9 Å².